The molecule has 39 heavy (non-hydrogen) atoms. The van der Waals surface area contributed by atoms with Crippen LogP contribution in [0.25, 0.3) is 61.7 Å². The van der Waals surface area contributed by atoms with E-state index >= 15 is 0 Å². The maximum atomic E-state index is 4.95. The molecular formula is C34H25BN4. The molecular weight excluding hydrogens is 475 g/mol. The normalized spacial score (nSPS) is 11.2. The van der Waals surface area contributed by atoms with Gasteiger partial charge in [0.2, 0.25) is 0 Å². The molecule has 0 radical (unpaired) electrons. The molecule has 0 fully saturated rings. The third kappa shape index (κ3) is 4.09. The Kier molecular flexibility index (Phi) is 5.75. The van der Waals surface area contributed by atoms with E-state index in [4.69, 9.17) is 15.0 Å². The summed E-state index contributed by atoms with van der Waals surface area (Å²) < 4.78 is 2.38. The Morgan fingerprint density at radius 1 is 0.513 bits per heavy atom. The van der Waals surface area contributed by atoms with Gasteiger partial charge in [-0.2, -0.15) is 0 Å². The molecule has 2 aromatic heterocycles. The molecule has 0 saturated carbocycles. The van der Waals surface area contributed by atoms with E-state index in [-0.39, 0.29) is 0 Å². The van der Waals surface area contributed by atoms with Crippen LogP contribution in [0.2, 0.25) is 6.82 Å². The lowest BCUT2D eigenvalue weighted by atomic mass is 9.72. The van der Waals surface area contributed by atoms with Gasteiger partial charge in [0.05, 0.1) is 5.52 Å². The van der Waals surface area contributed by atoms with Crippen molar-refractivity contribution in [2.45, 2.75) is 6.82 Å². The zero-order valence-corrected chi connectivity index (χ0v) is 21.6. The summed E-state index contributed by atoms with van der Waals surface area (Å²) in [4.78, 5) is 14.7. The van der Waals surface area contributed by atoms with Crippen molar-refractivity contribution in [3.63, 3.8) is 0 Å². The summed E-state index contributed by atoms with van der Waals surface area (Å²) in [6, 6.07) is 44.0. The number of hydrogen-bond donors (Lipinski definition) is 0. The molecule has 0 saturated heterocycles. The van der Waals surface area contributed by atoms with Crippen LogP contribution >= 0.6 is 0 Å². The number of aromatic nitrogens is 4. The lowest BCUT2D eigenvalue weighted by Crippen LogP contribution is -2.14. The van der Waals surface area contributed by atoms with Gasteiger partial charge in [-0.15, -0.1) is 0 Å². The van der Waals surface area contributed by atoms with Gasteiger partial charge in [0.15, 0.2) is 24.8 Å². The number of rotatable bonds is 5. The smallest absolute Gasteiger partial charge is 0.164 e. The Morgan fingerprint density at radius 3 is 1.72 bits per heavy atom. The van der Waals surface area contributed by atoms with E-state index in [0.29, 0.717) is 17.5 Å². The highest BCUT2D eigenvalue weighted by Gasteiger charge is 2.16. The summed E-state index contributed by atoms with van der Waals surface area (Å²) in [5.74, 6) is 1.98. The van der Waals surface area contributed by atoms with Crippen molar-refractivity contribution in [3.05, 3.63) is 127 Å². The molecule has 0 spiro atoms. The van der Waals surface area contributed by atoms with Gasteiger partial charge in [0.1, 0.15) is 0 Å². The van der Waals surface area contributed by atoms with Crippen LogP contribution in [-0.2, 0) is 0 Å². The van der Waals surface area contributed by atoms with E-state index in [1.54, 1.807) is 0 Å². The van der Waals surface area contributed by atoms with E-state index in [9.17, 15) is 0 Å². The molecule has 0 N–H and O–H groups in total. The highest BCUT2D eigenvalue weighted by molar-refractivity contribution is 6.56. The molecule has 0 amide bonds. The first-order valence-corrected chi connectivity index (χ1v) is 13.3. The van der Waals surface area contributed by atoms with Gasteiger partial charge in [0.25, 0.3) is 0 Å². The Bertz CT molecular complexity index is 1890. The van der Waals surface area contributed by atoms with Gasteiger partial charge in [-0.25, -0.2) is 15.0 Å². The number of nitrogens with zero attached hydrogens (tertiary/aromatic N) is 4. The molecule has 0 unspecified atom stereocenters. The van der Waals surface area contributed by atoms with Crippen LogP contribution in [0, 0.1) is 0 Å². The zero-order chi connectivity index (χ0) is 26.2. The zero-order valence-electron chi connectivity index (χ0n) is 21.6. The van der Waals surface area contributed by atoms with Crippen LogP contribution in [0.3, 0.4) is 0 Å². The monoisotopic (exact) mass is 500 g/mol. The first-order chi connectivity index (χ1) is 19.3. The summed E-state index contributed by atoms with van der Waals surface area (Å²) in [6.45, 7) is 2.22. The molecule has 7 aromatic rings. The van der Waals surface area contributed by atoms with Crippen molar-refractivity contribution in [2.75, 3.05) is 0 Å². The van der Waals surface area contributed by atoms with E-state index in [0.717, 1.165) is 29.7 Å². The van der Waals surface area contributed by atoms with Crippen LogP contribution in [0.1, 0.15) is 0 Å². The SMILES string of the molecule is CBc1cccc2c3ccccc3n(-c3cccc(-c4nc(-c5ccccc5)nc(-c5ccccc5)n4)c3)c12. The van der Waals surface area contributed by atoms with E-state index in [2.05, 4.69) is 78.1 Å². The van der Waals surface area contributed by atoms with Crippen molar-refractivity contribution >= 4 is 34.5 Å². The summed E-state index contributed by atoms with van der Waals surface area (Å²) in [5, 5.41) is 2.53. The van der Waals surface area contributed by atoms with Gasteiger partial charge in [-0.05, 0) is 18.2 Å². The Hall–Kier alpha value is -5.03. The maximum Gasteiger partial charge on any atom is 0.164 e. The highest BCUT2D eigenvalue weighted by Crippen LogP contribution is 2.32. The van der Waals surface area contributed by atoms with E-state index in [1.165, 1.54) is 27.3 Å². The molecule has 2 heterocycles. The van der Waals surface area contributed by atoms with Gasteiger partial charge in [0, 0.05) is 38.7 Å². The van der Waals surface area contributed by atoms with Gasteiger partial charge in [-0.3, -0.25) is 0 Å². The third-order valence-corrected chi connectivity index (χ3v) is 7.22. The number of fused-ring (bicyclic) bond motifs is 3. The predicted octanol–water partition coefficient (Wildman–Crippen LogP) is 7.08. The summed E-state index contributed by atoms with van der Waals surface area (Å²) in [7, 11) is 0.960. The third-order valence-electron chi connectivity index (χ3n) is 7.22. The average molecular weight is 500 g/mol. The first-order valence-electron chi connectivity index (χ1n) is 13.3. The summed E-state index contributed by atoms with van der Waals surface area (Å²) in [5.41, 5.74) is 7.73. The van der Waals surface area contributed by atoms with Crippen LogP contribution in [0.4, 0.5) is 0 Å². The second kappa shape index (κ2) is 9.69. The molecule has 0 aliphatic carbocycles. The van der Waals surface area contributed by atoms with Crippen LogP contribution in [0.15, 0.2) is 127 Å². The lowest BCUT2D eigenvalue weighted by molar-refractivity contribution is 1.07. The fraction of sp³-hybridized carbons (Fsp3) is 0.0294. The van der Waals surface area contributed by atoms with Crippen molar-refractivity contribution in [1.82, 2.24) is 19.5 Å². The highest BCUT2D eigenvalue weighted by atomic mass is 15.0. The van der Waals surface area contributed by atoms with Gasteiger partial charge < -0.3 is 4.57 Å². The standard InChI is InChI=1S/C34H25BN4/c1-35-29-20-11-19-28-27-18-8-9-21-30(27)39(31(28)29)26-17-10-16-25(22-26)34-37-32(23-12-4-2-5-13-23)36-33(38-34)24-14-6-3-7-15-24/h2-22,35H,1H3. The van der Waals surface area contributed by atoms with E-state index < -0.39 is 0 Å². The molecule has 0 aliphatic heterocycles. The quantitative estimate of drug-likeness (QED) is 0.237. The first kappa shape index (κ1) is 23.1. The maximum absolute atomic E-state index is 4.95. The molecule has 4 nitrogen and oxygen atoms in total. The molecule has 184 valence electrons. The Balaban J connectivity index is 1.45. The lowest BCUT2D eigenvalue weighted by Gasteiger charge is -2.13. The minimum absolute atomic E-state index is 0.654. The fourth-order valence-corrected chi connectivity index (χ4v) is 5.36. The van der Waals surface area contributed by atoms with Gasteiger partial charge in [-0.1, -0.05) is 121 Å². The van der Waals surface area contributed by atoms with Crippen LogP contribution < -0.4 is 5.46 Å². The molecule has 0 bridgehead atoms. The Morgan fingerprint density at radius 2 is 1.05 bits per heavy atom. The largest absolute Gasteiger partial charge is 0.310 e. The number of hydrogen-bond acceptors (Lipinski definition) is 3. The van der Waals surface area contributed by atoms with Crippen LogP contribution in [-0.4, -0.2) is 26.8 Å². The van der Waals surface area contributed by atoms with Crippen molar-refractivity contribution in [1.29, 1.82) is 0 Å². The van der Waals surface area contributed by atoms with Crippen LogP contribution in [0.5, 0.6) is 0 Å². The molecule has 7 rings (SSSR count). The second-order valence-corrected chi connectivity index (χ2v) is 9.61. The summed E-state index contributed by atoms with van der Waals surface area (Å²) >= 11 is 0. The van der Waals surface area contributed by atoms with Crippen molar-refractivity contribution < 1.29 is 0 Å². The van der Waals surface area contributed by atoms with Crippen molar-refractivity contribution in [3.8, 4) is 39.9 Å². The fourth-order valence-electron chi connectivity index (χ4n) is 5.36. The number of benzene rings is 5. The van der Waals surface area contributed by atoms with E-state index in [1.807, 2.05) is 60.7 Å². The molecule has 0 atom stereocenters. The molecule has 5 heteroatoms. The minimum Gasteiger partial charge on any atom is -0.310 e. The molecule has 5 aromatic carbocycles. The Labute approximate surface area is 227 Å². The minimum atomic E-state index is 0.654. The average Bonchev–Trinajstić information content (AvgIpc) is 3.36. The molecule has 0 aliphatic rings. The topological polar surface area (TPSA) is 43.6 Å². The second-order valence-electron chi connectivity index (χ2n) is 9.61. The van der Waals surface area contributed by atoms with Crippen molar-refractivity contribution in [2.24, 2.45) is 0 Å². The predicted molar refractivity (Wildman–Crippen MR) is 163 cm³/mol. The van der Waals surface area contributed by atoms with Gasteiger partial charge >= 0.3 is 0 Å². The number of para-hydroxylation sites is 2. The summed E-state index contributed by atoms with van der Waals surface area (Å²) in [6.07, 6.45) is 0.